The number of benzene rings is 1. The van der Waals surface area contributed by atoms with Crippen LogP contribution in [0.3, 0.4) is 0 Å². The Bertz CT molecular complexity index is 289. The van der Waals surface area contributed by atoms with Crippen molar-refractivity contribution in [1.29, 1.82) is 0 Å². The van der Waals surface area contributed by atoms with Crippen LogP contribution in [-0.4, -0.2) is 13.1 Å². The number of ether oxygens (including phenoxy) is 1. The molecule has 14 heavy (non-hydrogen) atoms. The second-order valence-electron chi connectivity index (χ2n) is 2.91. The van der Waals surface area contributed by atoms with Gasteiger partial charge in [0.2, 0.25) is 0 Å². The molecule has 76 valence electrons. The van der Waals surface area contributed by atoms with Crippen LogP contribution in [0, 0.1) is 0 Å². The maximum Gasteiger partial charge on any atom is 0.307 e. The topological polar surface area (TPSA) is 38.3 Å². The van der Waals surface area contributed by atoms with E-state index in [9.17, 15) is 4.79 Å². The first-order valence-corrected chi connectivity index (χ1v) is 4.93. The zero-order valence-corrected chi connectivity index (χ0v) is 9.22. The van der Waals surface area contributed by atoms with E-state index in [0.717, 1.165) is 5.56 Å². The molecule has 0 aliphatic heterocycles. The van der Waals surface area contributed by atoms with E-state index < -0.39 is 0 Å². The minimum absolute atomic E-state index is 0.00588. The van der Waals surface area contributed by atoms with Crippen LogP contribution in [0.4, 0.5) is 0 Å². The summed E-state index contributed by atoms with van der Waals surface area (Å²) in [6, 6.07) is 9.79. The number of carbonyl (C=O) groups is 1. The molecular weight excluding hydrogens is 197 g/mol. The molecule has 3 nitrogen and oxygen atoms in total. The summed E-state index contributed by atoms with van der Waals surface area (Å²) in [7, 11) is 3.82. The van der Waals surface area contributed by atoms with Crippen molar-refractivity contribution in [2.24, 2.45) is 0 Å². The lowest BCUT2D eigenvalue weighted by Crippen LogP contribution is -2.16. The van der Waals surface area contributed by atoms with Crippen LogP contribution in [0.5, 0.6) is 0 Å². The van der Waals surface area contributed by atoms with Crippen molar-refractivity contribution in [3.63, 3.8) is 0 Å². The van der Waals surface area contributed by atoms with Crippen molar-refractivity contribution in [2.75, 3.05) is 7.11 Å². The molecule has 0 bridgehead atoms. The van der Waals surface area contributed by atoms with Gasteiger partial charge in [-0.25, -0.2) is 0 Å². The van der Waals surface area contributed by atoms with Crippen molar-refractivity contribution in [1.82, 2.24) is 5.09 Å². The van der Waals surface area contributed by atoms with Gasteiger partial charge in [-0.2, -0.15) is 0 Å². The number of carbonyl (C=O) groups excluding carboxylic acids is 1. The molecule has 0 heterocycles. The zero-order chi connectivity index (χ0) is 10.4. The lowest BCUT2D eigenvalue weighted by molar-refractivity contribution is -0.141. The molecule has 0 aromatic heterocycles. The van der Waals surface area contributed by atoms with Gasteiger partial charge >= 0.3 is 5.97 Å². The Kier molecular flexibility index (Phi) is 4.57. The lowest BCUT2D eigenvalue weighted by Gasteiger charge is -2.14. The van der Waals surface area contributed by atoms with E-state index in [4.69, 9.17) is 0 Å². The fraction of sp³-hybridized carbons (Fsp3) is 0.300. The summed E-state index contributed by atoms with van der Waals surface area (Å²) < 4.78 is 4.62. The van der Waals surface area contributed by atoms with E-state index in [2.05, 4.69) is 19.2 Å². The third kappa shape index (κ3) is 3.09. The Hall–Kier alpha value is -0.920. The predicted molar refractivity (Wildman–Crippen MR) is 58.7 cm³/mol. The average molecular weight is 211 g/mol. The van der Waals surface area contributed by atoms with Crippen LogP contribution in [0.2, 0.25) is 0 Å². The first kappa shape index (κ1) is 11.2. The van der Waals surface area contributed by atoms with E-state index in [1.54, 1.807) is 0 Å². The molecule has 0 aliphatic carbocycles. The molecule has 2 atom stereocenters. The smallest absolute Gasteiger partial charge is 0.307 e. The summed E-state index contributed by atoms with van der Waals surface area (Å²) >= 11 is 0. The summed E-state index contributed by atoms with van der Waals surface area (Å²) in [4.78, 5) is 11.1. The van der Waals surface area contributed by atoms with E-state index in [1.165, 1.54) is 7.11 Å². The minimum Gasteiger partial charge on any atom is -0.469 e. The molecule has 0 saturated heterocycles. The minimum atomic E-state index is -0.214. The highest BCUT2D eigenvalue weighted by molar-refractivity contribution is 7.13. The first-order valence-electron chi connectivity index (χ1n) is 4.36. The maximum absolute atomic E-state index is 11.1. The molecule has 1 aromatic carbocycles. The second kappa shape index (κ2) is 5.74. The summed E-state index contributed by atoms with van der Waals surface area (Å²) in [5, 5.41) is 3.00. The van der Waals surface area contributed by atoms with Crippen molar-refractivity contribution in [3.05, 3.63) is 35.9 Å². The monoisotopic (exact) mass is 211 g/mol. The van der Waals surface area contributed by atoms with Gasteiger partial charge in [-0.15, -0.1) is 0 Å². The van der Waals surface area contributed by atoms with Gasteiger partial charge in [-0.1, -0.05) is 39.7 Å². The van der Waals surface area contributed by atoms with E-state index >= 15 is 0 Å². The zero-order valence-electron chi connectivity index (χ0n) is 8.07. The van der Waals surface area contributed by atoms with Crippen molar-refractivity contribution in [2.45, 2.75) is 12.5 Å². The van der Waals surface area contributed by atoms with Gasteiger partial charge in [-0.05, 0) is 5.56 Å². The maximum atomic E-state index is 11.1. The lowest BCUT2D eigenvalue weighted by atomic mass is 10.1. The number of nitrogens with one attached hydrogen (secondary N) is 1. The van der Waals surface area contributed by atoms with Crippen LogP contribution >= 0.6 is 9.39 Å². The molecule has 1 N–H and O–H groups in total. The highest BCUT2D eigenvalue weighted by atomic mass is 31.0. The summed E-state index contributed by atoms with van der Waals surface area (Å²) in [6.45, 7) is 0. The Morgan fingerprint density at radius 3 is 2.64 bits per heavy atom. The quantitative estimate of drug-likeness (QED) is 0.608. The predicted octanol–water partition coefficient (Wildman–Crippen LogP) is 1.67. The van der Waals surface area contributed by atoms with Gasteiger partial charge in [0.05, 0.1) is 13.5 Å². The van der Waals surface area contributed by atoms with Crippen molar-refractivity contribution < 1.29 is 9.53 Å². The van der Waals surface area contributed by atoms with Crippen molar-refractivity contribution >= 4 is 15.4 Å². The van der Waals surface area contributed by atoms with Crippen LogP contribution < -0.4 is 5.09 Å². The number of hydrogen-bond donors (Lipinski definition) is 1. The summed E-state index contributed by atoms with van der Waals surface area (Å²) in [6.07, 6.45) is 0.337. The third-order valence-corrected chi connectivity index (χ3v) is 2.40. The highest BCUT2D eigenvalue weighted by Crippen LogP contribution is 2.17. The molecule has 0 fully saturated rings. The molecular formula is C10H14NO2P. The second-order valence-corrected chi connectivity index (χ2v) is 3.24. The van der Waals surface area contributed by atoms with Crippen LogP contribution in [0.1, 0.15) is 18.0 Å². The molecule has 1 rings (SSSR count). The fourth-order valence-electron chi connectivity index (χ4n) is 1.21. The standard InChI is InChI=1S/C10H14NO2P/c1-13-10(12)7-9(11-14)8-5-3-2-4-6-8/h2-6,9,11H,7,14H2,1H3. The SMILES string of the molecule is COC(=O)CC(NP)c1ccccc1. The van der Waals surface area contributed by atoms with Gasteiger partial charge in [0, 0.05) is 6.04 Å². The highest BCUT2D eigenvalue weighted by Gasteiger charge is 2.13. The summed E-state index contributed by atoms with van der Waals surface area (Å²) in [5.74, 6) is -0.214. The van der Waals surface area contributed by atoms with Gasteiger partial charge in [0.1, 0.15) is 0 Å². The molecule has 4 heteroatoms. The van der Waals surface area contributed by atoms with Crippen LogP contribution in [0.15, 0.2) is 30.3 Å². The fourth-order valence-corrected chi connectivity index (χ4v) is 1.52. The molecule has 0 spiro atoms. The normalized spacial score (nSPS) is 12.1. The van der Waals surface area contributed by atoms with Gasteiger partial charge in [0.25, 0.3) is 0 Å². The van der Waals surface area contributed by atoms with Crippen LogP contribution in [-0.2, 0) is 9.53 Å². The Morgan fingerprint density at radius 1 is 1.50 bits per heavy atom. The Labute approximate surface area is 86.1 Å². The van der Waals surface area contributed by atoms with E-state index in [-0.39, 0.29) is 12.0 Å². The summed E-state index contributed by atoms with van der Waals surface area (Å²) in [5.41, 5.74) is 1.08. The molecule has 0 amide bonds. The molecule has 0 radical (unpaired) electrons. The van der Waals surface area contributed by atoms with Crippen LogP contribution in [0.25, 0.3) is 0 Å². The van der Waals surface area contributed by atoms with Gasteiger partial charge < -0.3 is 4.74 Å². The Balaban J connectivity index is 2.68. The van der Waals surface area contributed by atoms with E-state index in [1.807, 2.05) is 30.3 Å². The van der Waals surface area contributed by atoms with Crippen molar-refractivity contribution in [3.8, 4) is 0 Å². The molecule has 0 aliphatic rings. The van der Waals surface area contributed by atoms with Gasteiger partial charge in [-0.3, -0.25) is 9.88 Å². The average Bonchev–Trinajstić information content (AvgIpc) is 2.26. The first-order chi connectivity index (χ1) is 6.77. The molecule has 0 saturated carbocycles. The number of esters is 1. The third-order valence-electron chi connectivity index (χ3n) is 2.00. The molecule has 2 unspecified atom stereocenters. The largest absolute Gasteiger partial charge is 0.469 e. The van der Waals surface area contributed by atoms with Gasteiger partial charge in [0.15, 0.2) is 0 Å². The Morgan fingerprint density at radius 2 is 2.14 bits per heavy atom. The number of methoxy groups -OCH3 is 1. The number of hydrogen-bond acceptors (Lipinski definition) is 3. The van der Waals surface area contributed by atoms with E-state index in [0.29, 0.717) is 6.42 Å². The molecule has 1 aromatic rings. The number of rotatable bonds is 4.